The van der Waals surface area contributed by atoms with E-state index in [0.717, 1.165) is 5.57 Å². The van der Waals surface area contributed by atoms with Crippen molar-refractivity contribution < 1.29 is 9.53 Å². The van der Waals surface area contributed by atoms with Crippen LogP contribution in [0.3, 0.4) is 0 Å². The van der Waals surface area contributed by atoms with E-state index >= 15 is 0 Å². The second-order valence-electron chi connectivity index (χ2n) is 3.72. The first-order valence-corrected chi connectivity index (χ1v) is 6.61. The van der Waals surface area contributed by atoms with Gasteiger partial charge in [0, 0.05) is 23.0 Å². The Balaban J connectivity index is 2.45. The molecule has 1 rings (SSSR count). The van der Waals surface area contributed by atoms with Gasteiger partial charge in [0.2, 0.25) is 0 Å². The molecule has 1 N–H and O–H groups in total. The Kier molecular flexibility index (Phi) is 5.94. The number of hydrogen-bond acceptors (Lipinski definition) is 4. The van der Waals surface area contributed by atoms with E-state index in [1.807, 2.05) is 19.1 Å². The fourth-order valence-corrected chi connectivity index (χ4v) is 2.26. The molecular formula is C13H19NO2S. The van der Waals surface area contributed by atoms with Crippen LogP contribution in [0.1, 0.15) is 31.2 Å². The molecule has 4 heteroatoms. The minimum Gasteiger partial charge on any atom is -0.466 e. The summed E-state index contributed by atoms with van der Waals surface area (Å²) in [5.41, 5.74) is 0.721. The van der Waals surface area contributed by atoms with Crippen molar-refractivity contribution in [3.8, 4) is 0 Å². The van der Waals surface area contributed by atoms with Crippen LogP contribution in [0.5, 0.6) is 0 Å². The lowest BCUT2D eigenvalue weighted by Crippen LogP contribution is -2.18. The molecule has 0 saturated carbocycles. The second kappa shape index (κ2) is 7.25. The number of ether oxygens (including phenoxy) is 1. The summed E-state index contributed by atoms with van der Waals surface area (Å²) in [6.45, 7) is 4.74. The van der Waals surface area contributed by atoms with E-state index in [2.05, 4.69) is 23.7 Å². The highest BCUT2D eigenvalue weighted by Crippen LogP contribution is 2.17. The Morgan fingerprint density at radius 2 is 2.41 bits per heavy atom. The van der Waals surface area contributed by atoms with E-state index in [1.54, 1.807) is 11.3 Å². The van der Waals surface area contributed by atoms with Crippen LogP contribution in [0.25, 0.3) is 0 Å². The monoisotopic (exact) mass is 253 g/mol. The lowest BCUT2D eigenvalue weighted by atomic mass is 10.2. The summed E-state index contributed by atoms with van der Waals surface area (Å²) in [5, 5.41) is 5.42. The van der Waals surface area contributed by atoms with Gasteiger partial charge in [0.25, 0.3) is 0 Å². The Labute approximate surface area is 106 Å². The van der Waals surface area contributed by atoms with E-state index < -0.39 is 0 Å². The molecule has 1 heterocycles. The van der Waals surface area contributed by atoms with Crippen molar-refractivity contribution in [1.82, 2.24) is 5.32 Å². The molecule has 0 amide bonds. The third kappa shape index (κ3) is 4.32. The molecule has 1 aromatic rings. The van der Waals surface area contributed by atoms with Gasteiger partial charge in [-0.2, -0.15) is 0 Å². The van der Waals surface area contributed by atoms with Gasteiger partial charge in [0.15, 0.2) is 0 Å². The first-order valence-electron chi connectivity index (χ1n) is 5.73. The van der Waals surface area contributed by atoms with Crippen LogP contribution in [-0.4, -0.2) is 19.6 Å². The zero-order valence-corrected chi connectivity index (χ0v) is 11.3. The molecule has 0 aliphatic heterocycles. The molecule has 3 nitrogen and oxygen atoms in total. The Morgan fingerprint density at radius 3 is 2.94 bits per heavy atom. The average molecular weight is 253 g/mol. The van der Waals surface area contributed by atoms with Crippen LogP contribution in [0.2, 0.25) is 0 Å². The van der Waals surface area contributed by atoms with Crippen molar-refractivity contribution in [1.29, 1.82) is 0 Å². The van der Waals surface area contributed by atoms with Crippen LogP contribution in [-0.2, 0) is 9.53 Å². The molecule has 0 radical (unpaired) electrons. The number of hydrogen-bond donors (Lipinski definition) is 1. The molecule has 1 atom stereocenters. The molecule has 0 aliphatic carbocycles. The van der Waals surface area contributed by atoms with Crippen molar-refractivity contribution in [2.24, 2.45) is 0 Å². The van der Waals surface area contributed by atoms with Crippen LogP contribution in [0.15, 0.2) is 29.2 Å². The van der Waals surface area contributed by atoms with Gasteiger partial charge in [-0.1, -0.05) is 19.1 Å². The average Bonchev–Trinajstić information content (AvgIpc) is 2.87. The maximum absolute atomic E-state index is 11.3. The van der Waals surface area contributed by atoms with Gasteiger partial charge in [-0.25, -0.2) is 4.79 Å². The van der Waals surface area contributed by atoms with Gasteiger partial charge in [-0.05, 0) is 24.8 Å². The Morgan fingerprint density at radius 1 is 1.65 bits per heavy atom. The summed E-state index contributed by atoms with van der Waals surface area (Å²) in [4.78, 5) is 12.6. The molecule has 94 valence electrons. The van der Waals surface area contributed by atoms with Gasteiger partial charge >= 0.3 is 5.97 Å². The highest BCUT2D eigenvalue weighted by atomic mass is 32.1. The minimum absolute atomic E-state index is 0.238. The topological polar surface area (TPSA) is 38.3 Å². The van der Waals surface area contributed by atoms with Crippen LogP contribution in [0.4, 0.5) is 0 Å². The summed E-state index contributed by atoms with van der Waals surface area (Å²) >= 11 is 1.73. The van der Waals surface area contributed by atoms with E-state index in [-0.39, 0.29) is 5.97 Å². The van der Waals surface area contributed by atoms with Gasteiger partial charge in [-0.15, -0.1) is 11.3 Å². The standard InChI is InChI=1S/C13H19NO2S/c1-4-11(13(15)16-3)7-8-14-10(2)12-6-5-9-17-12/h5-7,9-10,14H,4,8H2,1-3H3/b11-7-/t10-/m0/s1. The number of carbonyl (C=O) groups excluding carboxylic acids is 1. The smallest absolute Gasteiger partial charge is 0.333 e. The summed E-state index contributed by atoms with van der Waals surface area (Å²) in [6, 6.07) is 4.45. The number of methoxy groups -OCH3 is 1. The zero-order chi connectivity index (χ0) is 12.7. The number of esters is 1. The van der Waals surface area contributed by atoms with Gasteiger partial charge < -0.3 is 10.1 Å². The molecule has 0 bridgehead atoms. The Bertz CT molecular complexity index is 371. The second-order valence-corrected chi connectivity index (χ2v) is 4.70. The van der Waals surface area contributed by atoms with Crippen molar-refractivity contribution in [3.63, 3.8) is 0 Å². The van der Waals surface area contributed by atoms with Crippen molar-refractivity contribution in [2.45, 2.75) is 26.3 Å². The summed E-state index contributed by atoms with van der Waals surface area (Å²) in [5.74, 6) is -0.238. The van der Waals surface area contributed by atoms with Crippen molar-refractivity contribution in [3.05, 3.63) is 34.0 Å². The van der Waals surface area contributed by atoms with Gasteiger partial charge in [-0.3, -0.25) is 0 Å². The van der Waals surface area contributed by atoms with E-state index in [4.69, 9.17) is 4.74 Å². The lowest BCUT2D eigenvalue weighted by Gasteiger charge is -2.10. The third-order valence-corrected chi connectivity index (χ3v) is 3.63. The summed E-state index contributed by atoms with van der Waals surface area (Å²) in [7, 11) is 1.41. The van der Waals surface area contributed by atoms with Crippen LogP contribution in [0, 0.1) is 0 Å². The quantitative estimate of drug-likeness (QED) is 0.626. The summed E-state index contributed by atoms with van der Waals surface area (Å²) < 4.78 is 4.70. The van der Waals surface area contributed by atoms with Gasteiger partial charge in [0.05, 0.1) is 7.11 Å². The highest BCUT2D eigenvalue weighted by molar-refractivity contribution is 7.10. The predicted octanol–water partition coefficient (Wildman–Crippen LogP) is 2.91. The molecule has 0 aliphatic rings. The largest absolute Gasteiger partial charge is 0.466 e. The number of rotatable bonds is 6. The molecule has 0 aromatic carbocycles. The van der Waals surface area contributed by atoms with Crippen LogP contribution < -0.4 is 5.32 Å². The molecular weight excluding hydrogens is 234 g/mol. The Hall–Kier alpha value is -1.13. The molecule has 0 fully saturated rings. The minimum atomic E-state index is -0.238. The SMILES string of the molecule is CC/C(=C/CN[C@@H](C)c1cccs1)C(=O)OC. The maximum Gasteiger partial charge on any atom is 0.333 e. The van der Waals surface area contributed by atoms with E-state index in [0.29, 0.717) is 19.0 Å². The fraction of sp³-hybridized carbons (Fsp3) is 0.462. The lowest BCUT2D eigenvalue weighted by molar-refractivity contribution is -0.136. The first kappa shape index (κ1) is 13.9. The molecule has 0 unspecified atom stereocenters. The number of carbonyl (C=O) groups is 1. The third-order valence-electron chi connectivity index (χ3n) is 2.57. The normalized spacial score (nSPS) is 13.5. The molecule has 1 aromatic heterocycles. The molecule has 17 heavy (non-hydrogen) atoms. The van der Waals surface area contributed by atoms with Gasteiger partial charge in [0.1, 0.15) is 0 Å². The summed E-state index contributed by atoms with van der Waals surface area (Å²) in [6.07, 6.45) is 2.59. The zero-order valence-electron chi connectivity index (χ0n) is 10.5. The highest BCUT2D eigenvalue weighted by Gasteiger charge is 2.07. The van der Waals surface area contributed by atoms with Crippen molar-refractivity contribution >= 4 is 17.3 Å². The predicted molar refractivity (Wildman–Crippen MR) is 71.1 cm³/mol. The van der Waals surface area contributed by atoms with Crippen molar-refractivity contribution in [2.75, 3.05) is 13.7 Å². The van der Waals surface area contributed by atoms with Crippen LogP contribution >= 0.6 is 11.3 Å². The van der Waals surface area contributed by atoms with E-state index in [1.165, 1.54) is 12.0 Å². The van der Waals surface area contributed by atoms with E-state index in [9.17, 15) is 4.79 Å². The fourth-order valence-electron chi connectivity index (χ4n) is 1.50. The number of thiophene rings is 1. The molecule has 0 saturated heterocycles. The number of nitrogens with one attached hydrogen (secondary N) is 1. The molecule has 0 spiro atoms. The first-order chi connectivity index (χ1) is 8.19. The maximum atomic E-state index is 11.3.